The molecule has 0 aromatic heterocycles. The first-order valence-electron chi connectivity index (χ1n) is 6.58. The maximum absolute atomic E-state index is 14.0. The first-order valence-corrected chi connectivity index (χ1v) is 6.58. The molecular formula is C16H14FNO4. The molecule has 0 radical (unpaired) electrons. The summed E-state index contributed by atoms with van der Waals surface area (Å²) in [7, 11) is 0. The third-order valence-electron chi connectivity index (χ3n) is 3.11. The molecule has 3 N–H and O–H groups in total. The number of halogens is 1. The normalized spacial score (nSPS) is 10.3. The molecule has 22 heavy (non-hydrogen) atoms. The van der Waals surface area contributed by atoms with Crippen molar-refractivity contribution in [2.75, 3.05) is 6.54 Å². The molecule has 0 saturated heterocycles. The predicted molar refractivity (Wildman–Crippen MR) is 78.5 cm³/mol. The van der Waals surface area contributed by atoms with E-state index in [0.717, 1.165) is 0 Å². The molecule has 0 atom stereocenters. The van der Waals surface area contributed by atoms with Crippen LogP contribution in [0.1, 0.15) is 27.6 Å². The van der Waals surface area contributed by atoms with Crippen molar-refractivity contribution in [2.24, 2.45) is 0 Å². The Balaban J connectivity index is 2.38. The van der Waals surface area contributed by atoms with Crippen molar-refractivity contribution in [1.82, 2.24) is 5.32 Å². The number of carbonyl (C=O) groups is 2. The van der Waals surface area contributed by atoms with Gasteiger partial charge in [0, 0.05) is 6.54 Å². The highest BCUT2D eigenvalue weighted by molar-refractivity contribution is 5.95. The van der Waals surface area contributed by atoms with Gasteiger partial charge in [0.2, 0.25) is 0 Å². The number of aromatic carboxylic acids is 1. The van der Waals surface area contributed by atoms with Gasteiger partial charge in [-0.3, -0.25) is 4.79 Å². The summed E-state index contributed by atoms with van der Waals surface area (Å²) in [5, 5.41) is 21.0. The van der Waals surface area contributed by atoms with Crippen LogP contribution in [0.3, 0.4) is 0 Å². The van der Waals surface area contributed by atoms with Crippen molar-refractivity contribution in [1.29, 1.82) is 0 Å². The first-order chi connectivity index (χ1) is 10.4. The Labute approximate surface area is 126 Å². The van der Waals surface area contributed by atoms with Crippen LogP contribution in [0.15, 0.2) is 36.4 Å². The maximum atomic E-state index is 14.0. The fraction of sp³-hybridized carbons (Fsp3) is 0.125. The average Bonchev–Trinajstić information content (AvgIpc) is 2.46. The molecule has 1 amide bonds. The number of carbonyl (C=O) groups excluding carboxylic acids is 1. The lowest BCUT2D eigenvalue weighted by Crippen LogP contribution is -2.23. The highest BCUT2D eigenvalue weighted by Gasteiger charge is 2.14. The molecule has 2 rings (SSSR count). The Morgan fingerprint density at radius 2 is 1.68 bits per heavy atom. The zero-order valence-corrected chi connectivity index (χ0v) is 11.8. The van der Waals surface area contributed by atoms with Crippen molar-refractivity contribution < 1.29 is 24.2 Å². The van der Waals surface area contributed by atoms with E-state index in [-0.39, 0.29) is 11.1 Å². The molecule has 2 aromatic rings. The summed E-state index contributed by atoms with van der Waals surface area (Å²) < 4.78 is 14.0. The number of nitrogens with one attached hydrogen (secondary N) is 1. The number of benzene rings is 2. The van der Waals surface area contributed by atoms with Gasteiger partial charge in [0.15, 0.2) is 0 Å². The predicted octanol–water partition coefficient (Wildman–Crippen LogP) is 2.65. The number of hydrogen-bond acceptors (Lipinski definition) is 3. The summed E-state index contributed by atoms with van der Waals surface area (Å²) in [5.74, 6) is -2.85. The minimum Gasteiger partial charge on any atom is -0.507 e. The Bertz CT molecular complexity index is 743. The minimum absolute atomic E-state index is 0.0722. The van der Waals surface area contributed by atoms with Gasteiger partial charge in [-0.2, -0.15) is 0 Å². The second-order valence-corrected chi connectivity index (χ2v) is 4.59. The largest absolute Gasteiger partial charge is 0.507 e. The van der Waals surface area contributed by atoms with Crippen LogP contribution in [0, 0.1) is 5.82 Å². The van der Waals surface area contributed by atoms with Gasteiger partial charge in [-0.25, -0.2) is 9.18 Å². The van der Waals surface area contributed by atoms with Crippen molar-refractivity contribution in [3.8, 4) is 16.9 Å². The van der Waals surface area contributed by atoms with Crippen LogP contribution in [-0.2, 0) is 0 Å². The van der Waals surface area contributed by atoms with E-state index >= 15 is 0 Å². The number of carboxylic acid groups (broad SMARTS) is 1. The van der Waals surface area contributed by atoms with Crippen LogP contribution in [0.2, 0.25) is 0 Å². The smallest absolute Gasteiger partial charge is 0.339 e. The van der Waals surface area contributed by atoms with E-state index < -0.39 is 23.4 Å². The van der Waals surface area contributed by atoms with Gasteiger partial charge in [0.25, 0.3) is 5.91 Å². The lowest BCUT2D eigenvalue weighted by Gasteiger charge is -2.08. The molecule has 0 aliphatic heterocycles. The molecule has 0 aliphatic carbocycles. The van der Waals surface area contributed by atoms with Crippen LogP contribution < -0.4 is 5.32 Å². The molecular weight excluding hydrogens is 289 g/mol. The third kappa shape index (κ3) is 3.06. The fourth-order valence-electron chi connectivity index (χ4n) is 2.03. The molecule has 6 heteroatoms. The quantitative estimate of drug-likeness (QED) is 0.810. The summed E-state index contributed by atoms with van der Waals surface area (Å²) in [4.78, 5) is 22.5. The standard InChI is InChI=1S/C16H14FNO4/c1-2-18-15(20)11-5-3-9(7-13(11)17)10-4-6-12(16(21)22)14(19)8-10/h3-8,19H,2H2,1H3,(H,18,20)(H,21,22). The van der Waals surface area contributed by atoms with Crippen molar-refractivity contribution >= 4 is 11.9 Å². The van der Waals surface area contributed by atoms with E-state index in [0.29, 0.717) is 17.7 Å². The molecule has 0 aliphatic rings. The minimum atomic E-state index is -1.25. The second kappa shape index (κ2) is 6.26. The monoisotopic (exact) mass is 303 g/mol. The summed E-state index contributed by atoms with van der Waals surface area (Å²) in [5.41, 5.74) is 0.571. The summed E-state index contributed by atoms with van der Waals surface area (Å²) in [6.45, 7) is 2.13. The highest BCUT2D eigenvalue weighted by atomic mass is 19.1. The van der Waals surface area contributed by atoms with Crippen LogP contribution >= 0.6 is 0 Å². The molecule has 5 nitrogen and oxygen atoms in total. The Morgan fingerprint density at radius 1 is 1.09 bits per heavy atom. The maximum Gasteiger partial charge on any atom is 0.339 e. The summed E-state index contributed by atoms with van der Waals surface area (Å²) >= 11 is 0. The number of phenols is 1. The SMILES string of the molecule is CCNC(=O)c1ccc(-c2ccc(C(=O)O)c(O)c2)cc1F. The molecule has 114 valence electrons. The van der Waals surface area contributed by atoms with Crippen LogP contribution in [0.25, 0.3) is 11.1 Å². The van der Waals surface area contributed by atoms with Gasteiger partial charge in [-0.15, -0.1) is 0 Å². The van der Waals surface area contributed by atoms with Crippen molar-refractivity contribution in [3.63, 3.8) is 0 Å². The number of aromatic hydroxyl groups is 1. The van der Waals surface area contributed by atoms with Crippen LogP contribution in [-0.4, -0.2) is 28.6 Å². The highest BCUT2D eigenvalue weighted by Crippen LogP contribution is 2.27. The first kappa shape index (κ1) is 15.5. The van der Waals surface area contributed by atoms with E-state index in [1.807, 2.05) is 0 Å². The van der Waals surface area contributed by atoms with Crippen LogP contribution in [0.4, 0.5) is 4.39 Å². The number of rotatable bonds is 4. The van der Waals surface area contributed by atoms with Crippen molar-refractivity contribution in [2.45, 2.75) is 6.92 Å². The zero-order valence-electron chi connectivity index (χ0n) is 11.8. The number of carboxylic acids is 1. The van der Waals surface area contributed by atoms with Gasteiger partial charge in [-0.05, 0) is 42.3 Å². The lowest BCUT2D eigenvalue weighted by molar-refractivity contribution is 0.0693. The van der Waals surface area contributed by atoms with Gasteiger partial charge in [0.1, 0.15) is 17.1 Å². The van der Waals surface area contributed by atoms with Gasteiger partial charge in [-0.1, -0.05) is 12.1 Å². The number of hydrogen-bond donors (Lipinski definition) is 3. The topological polar surface area (TPSA) is 86.6 Å². The molecule has 0 spiro atoms. The number of amides is 1. The van der Waals surface area contributed by atoms with E-state index in [1.54, 1.807) is 6.92 Å². The summed E-state index contributed by atoms with van der Waals surface area (Å²) in [6.07, 6.45) is 0. The van der Waals surface area contributed by atoms with E-state index in [1.165, 1.54) is 36.4 Å². The van der Waals surface area contributed by atoms with E-state index in [2.05, 4.69) is 5.32 Å². The Morgan fingerprint density at radius 3 is 2.18 bits per heavy atom. The van der Waals surface area contributed by atoms with Crippen molar-refractivity contribution in [3.05, 3.63) is 53.3 Å². The fourth-order valence-corrected chi connectivity index (χ4v) is 2.03. The lowest BCUT2D eigenvalue weighted by atomic mass is 10.0. The Kier molecular flexibility index (Phi) is 4.41. The molecule has 0 fully saturated rings. The summed E-state index contributed by atoms with van der Waals surface area (Å²) in [6, 6.07) is 7.98. The second-order valence-electron chi connectivity index (χ2n) is 4.59. The van der Waals surface area contributed by atoms with E-state index in [9.17, 15) is 19.1 Å². The zero-order chi connectivity index (χ0) is 16.3. The van der Waals surface area contributed by atoms with E-state index in [4.69, 9.17) is 5.11 Å². The van der Waals surface area contributed by atoms with Gasteiger partial charge >= 0.3 is 5.97 Å². The van der Waals surface area contributed by atoms with Gasteiger partial charge < -0.3 is 15.5 Å². The molecule has 0 bridgehead atoms. The molecule has 2 aromatic carbocycles. The van der Waals surface area contributed by atoms with Crippen LogP contribution in [0.5, 0.6) is 5.75 Å². The molecule has 0 heterocycles. The molecule has 0 saturated carbocycles. The molecule has 0 unspecified atom stereocenters. The third-order valence-corrected chi connectivity index (χ3v) is 3.11. The Hall–Kier alpha value is -2.89. The van der Waals surface area contributed by atoms with Gasteiger partial charge in [0.05, 0.1) is 5.56 Å². The average molecular weight is 303 g/mol.